The summed E-state index contributed by atoms with van der Waals surface area (Å²) in [4.78, 5) is 61.4. The predicted octanol–water partition coefficient (Wildman–Crippen LogP) is 2.95. The van der Waals surface area contributed by atoms with Crippen LogP contribution in [-0.4, -0.2) is 152 Å². The summed E-state index contributed by atoms with van der Waals surface area (Å²) in [6.45, 7) is 6.60. The molecular weight excluding hydrogens is 1120 g/mol. The number of rotatable bonds is 19. The second-order valence-electron chi connectivity index (χ2n) is 20.7. The second kappa shape index (κ2) is 25.8. The van der Waals surface area contributed by atoms with E-state index in [1.807, 2.05) is 12.1 Å². The largest absolute Gasteiger partial charge is 0.462 e. The number of fused-ring (bicyclic) bond motifs is 5. The van der Waals surface area contributed by atoms with Crippen molar-refractivity contribution in [3.63, 3.8) is 0 Å². The third kappa shape index (κ3) is 12.9. The number of nitrogen functional groups attached to an aromatic ring is 1. The van der Waals surface area contributed by atoms with Crippen LogP contribution in [0.15, 0.2) is 83.7 Å². The molecule has 0 bridgehead atoms. The van der Waals surface area contributed by atoms with Crippen molar-refractivity contribution in [3.05, 3.63) is 106 Å². The van der Waals surface area contributed by atoms with Crippen LogP contribution in [0.2, 0.25) is 0 Å². The summed E-state index contributed by atoms with van der Waals surface area (Å²) in [6.07, 6.45) is -8.88. The van der Waals surface area contributed by atoms with Gasteiger partial charge in [-0.2, -0.15) is 0 Å². The lowest BCUT2D eigenvalue weighted by Gasteiger charge is -2.40. The van der Waals surface area contributed by atoms with Crippen LogP contribution in [-0.2, 0) is 61.6 Å². The van der Waals surface area contributed by atoms with Gasteiger partial charge in [-0.1, -0.05) is 13.0 Å². The SMILES string of the molecule is CC[C@@]1(OC(=O)[C@H](C)NC(=O)[C@H](CCCCNC(=S)Nc2ccc(OC3O[C@@H](C)[C@@H](O)[C@@H](OC)[C@@H]3O)cc2)NC(=S)Nc2ccc(OC3O[C@@H](C)[C@@H](O)[C@@H](OC)[C@@H]3O)cc2)C(=O)OCc2c1cc1n(c2=O)Cc2cc3c(N)cccc3nc2-1. The Morgan fingerprint density at radius 3 is 1.99 bits per heavy atom. The van der Waals surface area contributed by atoms with Crippen LogP contribution in [0.4, 0.5) is 17.1 Å². The van der Waals surface area contributed by atoms with Crippen LogP contribution in [0, 0.1) is 0 Å². The second-order valence-corrected chi connectivity index (χ2v) is 21.5. The highest BCUT2D eigenvalue weighted by atomic mass is 32.1. The molecule has 24 nitrogen and oxygen atoms in total. The minimum absolute atomic E-state index is 0.0542. The molecule has 4 aliphatic heterocycles. The first kappa shape index (κ1) is 60.5. The number of thiocarbonyl (C=S) groups is 2. The van der Waals surface area contributed by atoms with E-state index < -0.39 is 103 Å². The highest BCUT2D eigenvalue weighted by Gasteiger charge is 2.51. The van der Waals surface area contributed by atoms with Crippen LogP contribution in [0.5, 0.6) is 11.5 Å². The number of aromatic nitrogens is 2. The lowest BCUT2D eigenvalue weighted by atomic mass is 9.85. The van der Waals surface area contributed by atoms with Gasteiger partial charge in [-0.15, -0.1) is 0 Å². The Morgan fingerprint density at radius 1 is 0.819 bits per heavy atom. The number of esters is 2. The first-order valence-electron chi connectivity index (χ1n) is 27.1. The molecule has 5 aromatic rings. The molecule has 2 unspecified atom stereocenters. The topological polar surface area (TPSA) is 327 Å². The van der Waals surface area contributed by atoms with Gasteiger partial charge in [0.25, 0.3) is 5.56 Å². The zero-order chi connectivity index (χ0) is 59.4. The van der Waals surface area contributed by atoms with Gasteiger partial charge >= 0.3 is 11.9 Å². The molecule has 3 aromatic carbocycles. The number of cyclic esters (lactones) is 1. The fraction of sp³-hybridized carbons (Fsp3) is 0.456. The van der Waals surface area contributed by atoms with Gasteiger partial charge in [-0.05, 0) is 144 Å². The fourth-order valence-electron chi connectivity index (χ4n) is 10.5. The van der Waals surface area contributed by atoms with E-state index in [1.165, 1.54) is 21.1 Å². The number of nitrogens with one attached hydrogen (secondary N) is 5. The summed E-state index contributed by atoms with van der Waals surface area (Å²) >= 11 is 11.3. The maximum Gasteiger partial charge on any atom is 0.355 e. The summed E-state index contributed by atoms with van der Waals surface area (Å²) in [7, 11) is 2.76. The molecule has 26 heteroatoms. The van der Waals surface area contributed by atoms with E-state index in [1.54, 1.807) is 92.1 Å². The van der Waals surface area contributed by atoms with Gasteiger partial charge in [0.1, 0.15) is 66.8 Å². The zero-order valence-electron chi connectivity index (χ0n) is 46.4. The zero-order valence-corrected chi connectivity index (χ0v) is 48.0. The van der Waals surface area contributed by atoms with E-state index in [0.717, 1.165) is 10.9 Å². The highest BCUT2D eigenvalue weighted by Crippen LogP contribution is 2.42. The van der Waals surface area contributed by atoms with E-state index >= 15 is 0 Å². The normalized spacial score (nSPS) is 26.0. The molecule has 2 aromatic heterocycles. The molecular formula is C57H68N8O16S2. The van der Waals surface area contributed by atoms with E-state index in [0.29, 0.717) is 70.0 Å². The molecule has 0 spiro atoms. The minimum Gasteiger partial charge on any atom is -0.462 e. The number of nitrogens with zero attached hydrogens (tertiary/aromatic N) is 2. The number of aliphatic hydroxyl groups is 4. The molecule has 11 N–H and O–H groups in total. The van der Waals surface area contributed by atoms with Crippen molar-refractivity contribution < 1.29 is 72.7 Å². The van der Waals surface area contributed by atoms with Gasteiger partial charge in [-0.25, -0.2) is 14.6 Å². The van der Waals surface area contributed by atoms with Gasteiger partial charge in [0.15, 0.2) is 10.2 Å². The van der Waals surface area contributed by atoms with Crippen molar-refractivity contribution in [2.45, 2.75) is 146 Å². The van der Waals surface area contributed by atoms with E-state index in [9.17, 15) is 39.6 Å². The van der Waals surface area contributed by atoms with Crippen LogP contribution < -0.4 is 47.4 Å². The fourth-order valence-corrected chi connectivity index (χ4v) is 11.0. The van der Waals surface area contributed by atoms with Gasteiger partial charge in [0.05, 0.1) is 41.2 Å². The van der Waals surface area contributed by atoms with Gasteiger partial charge in [-0.3, -0.25) is 9.59 Å². The number of ether oxygens (including phenoxy) is 8. The summed E-state index contributed by atoms with van der Waals surface area (Å²) in [5.41, 5.74) is 8.10. The molecule has 2 fully saturated rings. The molecule has 4 aliphatic rings. The summed E-state index contributed by atoms with van der Waals surface area (Å²) in [6, 6.07) is 19.9. The molecule has 9 rings (SSSR count). The van der Waals surface area contributed by atoms with E-state index in [4.69, 9.17) is 73.0 Å². The number of methoxy groups -OCH3 is 2. The molecule has 2 saturated heterocycles. The molecule has 83 heavy (non-hydrogen) atoms. The maximum absolute atomic E-state index is 14.3. The molecule has 13 atom stereocenters. The number of benzene rings is 3. The monoisotopic (exact) mass is 1180 g/mol. The van der Waals surface area contributed by atoms with Gasteiger partial charge < -0.3 is 95.2 Å². The predicted molar refractivity (Wildman–Crippen MR) is 310 cm³/mol. The number of hydrogen-bond acceptors (Lipinski definition) is 20. The number of unbranched alkanes of at least 4 members (excludes halogenated alkanes) is 1. The van der Waals surface area contributed by atoms with Crippen molar-refractivity contribution in [2.75, 3.05) is 37.1 Å². The Labute approximate surface area is 488 Å². The Balaban J connectivity index is 0.845. The molecule has 444 valence electrons. The quantitative estimate of drug-likeness (QED) is 0.0241. The van der Waals surface area contributed by atoms with Crippen LogP contribution in [0.25, 0.3) is 22.3 Å². The van der Waals surface area contributed by atoms with Crippen molar-refractivity contribution in [1.82, 2.24) is 25.5 Å². The minimum atomic E-state index is -2.04. The van der Waals surface area contributed by atoms with Crippen LogP contribution in [0.1, 0.15) is 70.1 Å². The first-order chi connectivity index (χ1) is 39.7. The Bertz CT molecular complexity index is 3280. The average molecular weight is 1190 g/mol. The van der Waals surface area contributed by atoms with Crippen molar-refractivity contribution in [1.29, 1.82) is 0 Å². The Morgan fingerprint density at radius 2 is 1.41 bits per heavy atom. The number of anilines is 3. The van der Waals surface area contributed by atoms with Crippen molar-refractivity contribution in [3.8, 4) is 22.9 Å². The Hall–Kier alpha value is -7.11. The van der Waals surface area contributed by atoms with Crippen LogP contribution in [0.3, 0.4) is 0 Å². The molecule has 6 heterocycles. The number of amides is 1. The number of hydrogen-bond donors (Lipinski definition) is 10. The van der Waals surface area contributed by atoms with Crippen molar-refractivity contribution >= 4 is 80.5 Å². The Kier molecular flexibility index (Phi) is 18.8. The lowest BCUT2D eigenvalue weighted by Crippen LogP contribution is -2.59. The molecule has 0 aliphatic carbocycles. The number of carbonyl (C=O) groups is 3. The highest BCUT2D eigenvalue weighted by molar-refractivity contribution is 7.80. The smallest absolute Gasteiger partial charge is 0.355 e. The van der Waals surface area contributed by atoms with Crippen LogP contribution >= 0.6 is 24.4 Å². The van der Waals surface area contributed by atoms with Gasteiger partial charge in [0, 0.05) is 54.3 Å². The third-order valence-corrected chi connectivity index (χ3v) is 15.7. The molecule has 0 saturated carbocycles. The van der Waals surface area contributed by atoms with E-state index in [-0.39, 0.29) is 42.2 Å². The number of nitrogens with two attached hydrogens (primary N) is 1. The number of carbonyl (C=O) groups excluding carboxylic acids is 3. The summed E-state index contributed by atoms with van der Waals surface area (Å²) in [5.74, 6) is -1.74. The lowest BCUT2D eigenvalue weighted by molar-refractivity contribution is -0.273. The molecule has 1 amide bonds. The standard InChI is InChI=1S/C57H68N8O16S2/c1-7-57(37-24-41-42-30(23-35-38(58)11-10-13-39(35)63-42)25-65(41)50(71)36(37)26-76-54(57)73)81-51(72)27(2)60-49(70)40(64-56(83)62-32-16-20-34(21-17-32)80-53-46(69)48(75-6)44(67)29(4)78-53)12-8-9-22-59-55(82)61-31-14-18-33(19-15-31)79-52-45(68)47(74-5)43(66)28(3)77-52/h10-11,13-21,23-24,27-29,40,43-48,52-53,66-69H,7-9,12,22,25-26,58H2,1-6H3,(H,60,70)(H2,59,61,82)(H2,62,64,83)/t27-,28-,29-,40-,43+,44+,45-,46-,47+,48+,52?,53?,57-/m0/s1. The molecule has 0 radical (unpaired) electrons. The van der Waals surface area contributed by atoms with Gasteiger partial charge in [0.2, 0.25) is 24.1 Å². The number of pyridine rings is 2. The average Bonchev–Trinajstić information content (AvgIpc) is 4.11. The summed E-state index contributed by atoms with van der Waals surface area (Å²) < 4.78 is 46.9. The summed E-state index contributed by atoms with van der Waals surface area (Å²) in [5, 5.41) is 58.3. The van der Waals surface area contributed by atoms with E-state index in [2.05, 4.69) is 26.6 Å². The maximum atomic E-state index is 14.3. The number of aliphatic hydroxyl groups excluding tert-OH is 4. The third-order valence-electron chi connectivity index (χ3n) is 15.2. The van der Waals surface area contributed by atoms with Crippen molar-refractivity contribution in [2.24, 2.45) is 0 Å². The first-order valence-corrected chi connectivity index (χ1v) is 28.0.